The fraction of sp³-hybridized carbons (Fsp3) is 0.500. The Morgan fingerprint density at radius 1 is 1.06 bits per heavy atom. The number of benzene rings is 1. The summed E-state index contributed by atoms with van der Waals surface area (Å²) >= 11 is 1.96. The zero-order valence-corrected chi connectivity index (χ0v) is 21.8. The second kappa shape index (κ2) is 14.1. The molecule has 1 amide bonds. The molecule has 0 unspecified atom stereocenters. The van der Waals surface area contributed by atoms with Gasteiger partial charge in [0.25, 0.3) is 0 Å². The number of aromatic nitrogens is 1. The van der Waals surface area contributed by atoms with Crippen LogP contribution in [0.1, 0.15) is 71.4 Å². The van der Waals surface area contributed by atoms with E-state index in [2.05, 4.69) is 79.5 Å². The molecule has 0 aliphatic carbocycles. The summed E-state index contributed by atoms with van der Waals surface area (Å²) in [5.41, 5.74) is 2.29. The van der Waals surface area contributed by atoms with Crippen molar-refractivity contribution in [2.45, 2.75) is 77.7 Å². The van der Waals surface area contributed by atoms with Crippen LogP contribution >= 0.6 is 11.8 Å². The molecule has 1 N–H and O–H groups in total. The average Bonchev–Trinajstić information content (AvgIpc) is 2.82. The van der Waals surface area contributed by atoms with Gasteiger partial charge in [0, 0.05) is 42.0 Å². The molecule has 0 aliphatic rings. The quantitative estimate of drug-likeness (QED) is 0.267. The minimum absolute atomic E-state index is 0.148. The Bertz CT molecular complexity index is 856. The van der Waals surface area contributed by atoms with Gasteiger partial charge in [0.05, 0.1) is 6.10 Å². The summed E-state index contributed by atoms with van der Waals surface area (Å²) in [6.45, 7) is 12.4. The minimum Gasteiger partial charge on any atom is -0.491 e. The van der Waals surface area contributed by atoms with Gasteiger partial charge >= 0.3 is 0 Å². The van der Waals surface area contributed by atoms with E-state index in [1.165, 1.54) is 0 Å². The van der Waals surface area contributed by atoms with Gasteiger partial charge in [-0.1, -0.05) is 45.1 Å². The molecule has 0 radical (unpaired) electrons. The predicted octanol–water partition coefficient (Wildman–Crippen LogP) is 6.14. The summed E-state index contributed by atoms with van der Waals surface area (Å²) in [7, 11) is 0. The number of hydrogen-bond acceptors (Lipinski definition) is 3. The number of nitrogens with zero attached hydrogens (tertiary/aromatic N) is 1. The van der Waals surface area contributed by atoms with Crippen LogP contribution in [0.2, 0.25) is 0 Å². The third kappa shape index (κ3) is 10.5. The number of carbonyl (C=O) groups is 1. The van der Waals surface area contributed by atoms with E-state index in [9.17, 15) is 4.79 Å². The van der Waals surface area contributed by atoms with E-state index < -0.39 is 0 Å². The maximum Gasteiger partial charge on any atom is 0.220 e. The number of carbonyl (C=O) groups excluding carboxylic acids is 1. The van der Waals surface area contributed by atoms with Crippen molar-refractivity contribution in [2.24, 2.45) is 0 Å². The lowest BCUT2D eigenvalue weighted by Crippen LogP contribution is -2.34. The van der Waals surface area contributed by atoms with Crippen molar-refractivity contribution < 1.29 is 14.1 Å². The third-order valence-electron chi connectivity index (χ3n) is 5.83. The highest BCUT2D eigenvalue weighted by molar-refractivity contribution is 8.00. The van der Waals surface area contributed by atoms with Crippen molar-refractivity contribution in [3.63, 3.8) is 0 Å². The van der Waals surface area contributed by atoms with E-state index >= 15 is 0 Å². The summed E-state index contributed by atoms with van der Waals surface area (Å²) < 4.78 is 8.14. The van der Waals surface area contributed by atoms with Crippen LogP contribution in [0.4, 0.5) is 0 Å². The molecule has 4 nitrogen and oxygen atoms in total. The minimum atomic E-state index is 0.148. The van der Waals surface area contributed by atoms with Crippen molar-refractivity contribution in [1.29, 1.82) is 0 Å². The van der Waals surface area contributed by atoms with Crippen LogP contribution < -0.4 is 14.6 Å². The maximum atomic E-state index is 12.1. The first-order valence-corrected chi connectivity index (χ1v) is 13.2. The third-order valence-corrected chi connectivity index (χ3v) is 7.51. The first kappa shape index (κ1) is 27.0. The van der Waals surface area contributed by atoms with Crippen LogP contribution in [-0.4, -0.2) is 29.1 Å². The van der Waals surface area contributed by atoms with Crippen LogP contribution in [0.15, 0.2) is 48.8 Å². The molecule has 0 saturated carbocycles. The van der Waals surface area contributed by atoms with E-state index in [0.29, 0.717) is 11.2 Å². The van der Waals surface area contributed by atoms with Crippen LogP contribution in [0, 0.1) is 0 Å². The van der Waals surface area contributed by atoms with E-state index in [4.69, 9.17) is 4.74 Å². The van der Waals surface area contributed by atoms with Crippen LogP contribution in [-0.2, 0) is 11.3 Å². The van der Waals surface area contributed by atoms with Crippen LogP contribution in [0.5, 0.6) is 5.75 Å². The van der Waals surface area contributed by atoms with Gasteiger partial charge in [-0.05, 0) is 49.9 Å². The zero-order chi connectivity index (χ0) is 24.1. The van der Waals surface area contributed by atoms with Gasteiger partial charge in [0.2, 0.25) is 5.91 Å². The highest BCUT2D eigenvalue weighted by Gasteiger charge is 2.19. The Labute approximate surface area is 204 Å². The van der Waals surface area contributed by atoms with Crippen molar-refractivity contribution in [3.8, 4) is 5.75 Å². The van der Waals surface area contributed by atoms with Gasteiger partial charge in [-0.2, -0.15) is 11.8 Å². The molecule has 0 bridgehead atoms. The molecule has 2 aromatic rings. The number of hydrogen-bond donors (Lipinski definition) is 1. The monoisotopic (exact) mass is 469 g/mol. The molecule has 1 aromatic carbocycles. The SMILES string of the molecule is CCC(C)(CC)SCCNC(=O)CCC[n+]1ccc(C=Cc2ccc(OC(C)C)cc2)cc1. The number of thioether (sulfide) groups is 1. The van der Waals surface area contributed by atoms with E-state index in [-0.39, 0.29) is 12.0 Å². The van der Waals surface area contributed by atoms with E-state index in [1.54, 1.807) is 0 Å². The second-order valence-corrected chi connectivity index (χ2v) is 10.6. The van der Waals surface area contributed by atoms with Crippen molar-refractivity contribution in [3.05, 3.63) is 59.9 Å². The van der Waals surface area contributed by atoms with Gasteiger partial charge < -0.3 is 10.1 Å². The van der Waals surface area contributed by atoms with E-state index in [0.717, 1.165) is 55.0 Å². The van der Waals surface area contributed by atoms with Gasteiger partial charge in [-0.3, -0.25) is 4.79 Å². The summed E-state index contributed by atoms with van der Waals surface area (Å²) in [5, 5.41) is 3.06. The molecular weight excluding hydrogens is 428 g/mol. The maximum absolute atomic E-state index is 12.1. The molecule has 2 rings (SSSR count). The number of amides is 1. The Balaban J connectivity index is 1.68. The van der Waals surface area contributed by atoms with Gasteiger partial charge in [0.15, 0.2) is 12.4 Å². The number of nitrogens with one attached hydrogen (secondary N) is 1. The molecule has 0 spiro atoms. The Hall–Kier alpha value is -2.27. The fourth-order valence-corrected chi connectivity index (χ4v) is 4.41. The smallest absolute Gasteiger partial charge is 0.220 e. The van der Waals surface area contributed by atoms with Crippen molar-refractivity contribution >= 4 is 29.8 Å². The Morgan fingerprint density at radius 3 is 2.24 bits per heavy atom. The first-order chi connectivity index (χ1) is 15.8. The highest BCUT2D eigenvalue weighted by Crippen LogP contribution is 2.31. The molecule has 0 saturated heterocycles. The summed E-state index contributed by atoms with van der Waals surface area (Å²) in [6, 6.07) is 12.3. The summed E-state index contributed by atoms with van der Waals surface area (Å²) in [6.07, 6.45) is 12.3. The summed E-state index contributed by atoms with van der Waals surface area (Å²) in [4.78, 5) is 12.1. The molecule has 180 valence electrons. The molecule has 1 aromatic heterocycles. The lowest BCUT2D eigenvalue weighted by Gasteiger charge is -2.25. The first-order valence-electron chi connectivity index (χ1n) is 12.2. The standard InChI is InChI=1S/C28H40N2O2S/c1-6-28(5,7-2)33-22-18-29-27(31)9-8-19-30-20-16-25(17-21-30)11-10-24-12-14-26(15-13-24)32-23(3)4/h10-17,20-21,23H,6-9,18-19,22H2,1-5H3/p+1. The molecule has 0 atom stereocenters. The zero-order valence-electron chi connectivity index (χ0n) is 21.0. The topological polar surface area (TPSA) is 42.2 Å². The number of rotatable bonds is 14. The summed E-state index contributed by atoms with van der Waals surface area (Å²) in [5.74, 6) is 2.02. The van der Waals surface area contributed by atoms with Gasteiger partial charge in [0.1, 0.15) is 12.3 Å². The fourth-order valence-electron chi connectivity index (χ4n) is 3.30. The van der Waals surface area contributed by atoms with Gasteiger partial charge in [-0.25, -0.2) is 4.57 Å². The Morgan fingerprint density at radius 2 is 1.67 bits per heavy atom. The normalized spacial score (nSPS) is 11.8. The molecular formula is C28H41N2O2S+. The molecule has 1 heterocycles. The highest BCUT2D eigenvalue weighted by atomic mass is 32.2. The number of aryl methyl sites for hydroxylation is 1. The number of ether oxygens (including phenoxy) is 1. The van der Waals surface area contributed by atoms with Crippen molar-refractivity contribution in [1.82, 2.24) is 5.32 Å². The second-order valence-electron chi connectivity index (χ2n) is 8.90. The largest absolute Gasteiger partial charge is 0.491 e. The lowest BCUT2D eigenvalue weighted by atomic mass is 10.1. The van der Waals surface area contributed by atoms with Crippen LogP contribution in [0.3, 0.4) is 0 Å². The Kier molecular flexibility index (Phi) is 11.5. The molecule has 0 aliphatic heterocycles. The van der Waals surface area contributed by atoms with Gasteiger partial charge in [-0.15, -0.1) is 0 Å². The van der Waals surface area contributed by atoms with E-state index in [1.807, 2.05) is 37.7 Å². The van der Waals surface area contributed by atoms with Crippen molar-refractivity contribution in [2.75, 3.05) is 12.3 Å². The number of pyridine rings is 1. The average molecular weight is 470 g/mol. The predicted molar refractivity (Wildman–Crippen MR) is 141 cm³/mol. The van der Waals surface area contributed by atoms with Crippen LogP contribution in [0.25, 0.3) is 12.2 Å². The lowest BCUT2D eigenvalue weighted by molar-refractivity contribution is -0.697. The molecule has 33 heavy (non-hydrogen) atoms. The molecule has 0 fully saturated rings. The molecule has 5 heteroatoms.